The normalized spacial score (nSPS) is 12.8. The van der Waals surface area contributed by atoms with Crippen LogP contribution in [0, 0.1) is 0 Å². The number of quaternary nitrogens is 1. The first-order valence-electron chi connectivity index (χ1n) is 5.55. The lowest BCUT2D eigenvalue weighted by molar-refractivity contribution is -0.914. The fraction of sp³-hybridized carbons (Fsp3) is 0.500. The van der Waals surface area contributed by atoms with Crippen LogP contribution in [-0.2, 0) is 6.54 Å². The van der Waals surface area contributed by atoms with Gasteiger partial charge in [-0.05, 0) is 18.6 Å². The van der Waals surface area contributed by atoms with Gasteiger partial charge in [-0.3, -0.25) is 0 Å². The maximum atomic E-state index is 8.97. The molecule has 16 heavy (non-hydrogen) atoms. The predicted octanol–water partition coefficient (Wildman–Crippen LogP) is 1.78. The molecular weight excluding hydrogens is 245 g/mol. The molecule has 2 nitrogen and oxygen atoms in total. The summed E-state index contributed by atoms with van der Waals surface area (Å²) in [5.41, 5.74) is 1.16. The van der Waals surface area contributed by atoms with Gasteiger partial charge in [-0.15, -0.1) is 0 Å². The molecule has 1 atom stereocenters. The smallest absolute Gasteiger partial charge is 0.103 e. The maximum Gasteiger partial charge on any atom is 0.103 e. The Morgan fingerprint density at radius 2 is 1.94 bits per heavy atom. The molecule has 1 aromatic rings. The largest absolute Gasteiger partial charge is 0.391 e. The van der Waals surface area contributed by atoms with Crippen LogP contribution in [0.1, 0.15) is 18.9 Å². The highest BCUT2D eigenvalue weighted by molar-refractivity contribution is 6.41. The van der Waals surface area contributed by atoms with Crippen LogP contribution in [-0.4, -0.2) is 24.8 Å². The van der Waals surface area contributed by atoms with Gasteiger partial charge in [0.05, 0.1) is 23.2 Å². The van der Waals surface area contributed by atoms with Gasteiger partial charge in [0.15, 0.2) is 0 Å². The van der Waals surface area contributed by atoms with E-state index in [0.29, 0.717) is 10.0 Å². The van der Waals surface area contributed by atoms with E-state index in [-0.39, 0.29) is 6.61 Å². The molecule has 0 radical (unpaired) electrons. The zero-order valence-corrected chi connectivity index (χ0v) is 11.0. The first-order valence-corrected chi connectivity index (χ1v) is 6.31. The van der Waals surface area contributed by atoms with E-state index in [4.69, 9.17) is 28.3 Å². The molecule has 0 fully saturated rings. The Labute approximate surface area is 107 Å². The zero-order valence-electron chi connectivity index (χ0n) is 9.47. The second-order valence-corrected chi connectivity index (χ2v) is 4.71. The summed E-state index contributed by atoms with van der Waals surface area (Å²) in [7, 11) is 0. The lowest BCUT2D eigenvalue weighted by atomic mass is 10.2. The first kappa shape index (κ1) is 13.8. The van der Waals surface area contributed by atoms with Crippen molar-refractivity contribution in [2.75, 3.05) is 19.7 Å². The third-order valence-corrected chi connectivity index (χ3v) is 3.25. The van der Waals surface area contributed by atoms with Crippen molar-refractivity contribution >= 4 is 23.2 Å². The minimum absolute atomic E-state index is 0.219. The first-order chi connectivity index (χ1) is 7.67. The molecule has 90 valence electrons. The van der Waals surface area contributed by atoms with Crippen LogP contribution in [0.2, 0.25) is 10.0 Å². The number of aliphatic hydroxyl groups is 1. The Morgan fingerprint density at radius 1 is 1.19 bits per heavy atom. The van der Waals surface area contributed by atoms with Crippen molar-refractivity contribution < 1.29 is 10.0 Å². The minimum Gasteiger partial charge on any atom is -0.391 e. The van der Waals surface area contributed by atoms with Gasteiger partial charge in [-0.25, -0.2) is 0 Å². The monoisotopic (exact) mass is 262 g/mol. The predicted molar refractivity (Wildman–Crippen MR) is 68.2 cm³/mol. The Bertz CT molecular complexity index is 325. The van der Waals surface area contributed by atoms with Crippen LogP contribution in [0.4, 0.5) is 0 Å². The summed E-state index contributed by atoms with van der Waals surface area (Å²) in [6.07, 6.45) is 1.11. The number of aliphatic hydroxyl groups excluding tert-OH is 1. The fourth-order valence-corrected chi connectivity index (χ4v) is 2.07. The molecule has 1 aromatic carbocycles. The Morgan fingerprint density at radius 3 is 2.50 bits per heavy atom. The molecule has 4 heteroatoms. The van der Waals surface area contributed by atoms with Gasteiger partial charge in [0.2, 0.25) is 0 Å². The van der Waals surface area contributed by atoms with Crippen molar-refractivity contribution in [3.05, 3.63) is 33.8 Å². The number of hydrogen-bond donors (Lipinski definition) is 2. The fourth-order valence-electron chi connectivity index (χ4n) is 1.75. The standard InChI is InChI=1S/C12H17Cl2NO/c1-2-5-15(6-7-16)9-10-3-4-11(13)12(14)8-10/h3-4,8,16H,2,5-7,9H2,1H3/p+1. The van der Waals surface area contributed by atoms with Crippen molar-refractivity contribution in [3.8, 4) is 0 Å². The molecule has 0 bridgehead atoms. The molecule has 0 saturated carbocycles. The summed E-state index contributed by atoms with van der Waals surface area (Å²) < 4.78 is 0. The Hall–Kier alpha value is -0.280. The zero-order chi connectivity index (χ0) is 12.0. The van der Waals surface area contributed by atoms with Crippen LogP contribution in [0.15, 0.2) is 18.2 Å². The van der Waals surface area contributed by atoms with Crippen LogP contribution < -0.4 is 4.90 Å². The van der Waals surface area contributed by atoms with E-state index in [2.05, 4.69) is 6.92 Å². The highest BCUT2D eigenvalue weighted by Crippen LogP contribution is 2.22. The van der Waals surface area contributed by atoms with E-state index in [1.54, 1.807) is 0 Å². The Balaban J connectivity index is 2.65. The summed E-state index contributed by atoms with van der Waals surface area (Å²) >= 11 is 11.8. The topological polar surface area (TPSA) is 24.7 Å². The number of halogens is 2. The molecule has 0 aliphatic rings. The van der Waals surface area contributed by atoms with Gasteiger partial charge in [0, 0.05) is 5.56 Å². The molecule has 1 rings (SSSR count). The van der Waals surface area contributed by atoms with E-state index in [9.17, 15) is 0 Å². The molecule has 0 aliphatic heterocycles. The molecule has 0 amide bonds. The number of benzene rings is 1. The summed E-state index contributed by atoms with van der Waals surface area (Å²) in [6, 6.07) is 5.71. The van der Waals surface area contributed by atoms with Gasteiger partial charge >= 0.3 is 0 Å². The van der Waals surface area contributed by atoms with Crippen LogP contribution in [0.25, 0.3) is 0 Å². The SMILES string of the molecule is CCC[NH+](CCO)Cc1ccc(Cl)c(Cl)c1. The molecule has 0 spiro atoms. The average Bonchev–Trinajstić information content (AvgIpc) is 2.24. The molecule has 0 saturated heterocycles. The van der Waals surface area contributed by atoms with Gasteiger partial charge in [-0.1, -0.05) is 36.2 Å². The van der Waals surface area contributed by atoms with Crippen LogP contribution >= 0.6 is 23.2 Å². The summed E-state index contributed by atoms with van der Waals surface area (Å²) in [4.78, 5) is 1.36. The lowest BCUT2D eigenvalue weighted by Crippen LogP contribution is -3.11. The third-order valence-electron chi connectivity index (χ3n) is 2.51. The molecule has 2 N–H and O–H groups in total. The molecule has 0 heterocycles. The van der Waals surface area contributed by atoms with E-state index < -0.39 is 0 Å². The highest BCUT2D eigenvalue weighted by atomic mass is 35.5. The van der Waals surface area contributed by atoms with Crippen LogP contribution in [0.3, 0.4) is 0 Å². The van der Waals surface area contributed by atoms with Crippen molar-refractivity contribution in [2.24, 2.45) is 0 Å². The van der Waals surface area contributed by atoms with Crippen molar-refractivity contribution in [3.63, 3.8) is 0 Å². The Kier molecular flexibility index (Phi) is 6.14. The average molecular weight is 263 g/mol. The van der Waals surface area contributed by atoms with E-state index in [1.807, 2.05) is 18.2 Å². The van der Waals surface area contributed by atoms with Gasteiger partial charge in [0.25, 0.3) is 0 Å². The third kappa shape index (κ3) is 4.30. The molecule has 1 unspecified atom stereocenters. The molecule has 0 aliphatic carbocycles. The van der Waals surface area contributed by atoms with Crippen molar-refractivity contribution in [1.82, 2.24) is 0 Å². The van der Waals surface area contributed by atoms with Gasteiger partial charge in [0.1, 0.15) is 13.1 Å². The number of hydrogen-bond acceptors (Lipinski definition) is 1. The molecular formula is C12H18Cl2NO+. The minimum atomic E-state index is 0.219. The second-order valence-electron chi connectivity index (χ2n) is 3.90. The van der Waals surface area contributed by atoms with E-state index in [0.717, 1.165) is 31.6 Å². The molecule has 0 aromatic heterocycles. The quantitative estimate of drug-likeness (QED) is 0.803. The van der Waals surface area contributed by atoms with E-state index >= 15 is 0 Å². The van der Waals surface area contributed by atoms with Crippen molar-refractivity contribution in [1.29, 1.82) is 0 Å². The maximum absolute atomic E-state index is 8.97. The van der Waals surface area contributed by atoms with Gasteiger partial charge in [-0.2, -0.15) is 0 Å². The highest BCUT2D eigenvalue weighted by Gasteiger charge is 2.08. The van der Waals surface area contributed by atoms with Gasteiger partial charge < -0.3 is 10.0 Å². The lowest BCUT2D eigenvalue weighted by Gasteiger charge is -2.17. The van der Waals surface area contributed by atoms with Crippen molar-refractivity contribution in [2.45, 2.75) is 19.9 Å². The summed E-state index contributed by atoms with van der Waals surface area (Å²) in [5.74, 6) is 0. The summed E-state index contributed by atoms with van der Waals surface area (Å²) in [6.45, 7) is 5.07. The number of rotatable bonds is 6. The second kappa shape index (κ2) is 7.13. The van der Waals surface area contributed by atoms with E-state index in [1.165, 1.54) is 4.90 Å². The summed E-state index contributed by atoms with van der Waals surface area (Å²) in [5, 5.41) is 10.2. The number of nitrogens with one attached hydrogen (secondary N) is 1. The van der Waals surface area contributed by atoms with Crippen LogP contribution in [0.5, 0.6) is 0 Å².